The minimum absolute atomic E-state index is 0.0126. The fourth-order valence-corrected chi connectivity index (χ4v) is 2.46. The summed E-state index contributed by atoms with van der Waals surface area (Å²) in [6.07, 6.45) is 5.56. The Bertz CT molecular complexity index is 540. The van der Waals surface area contributed by atoms with Crippen molar-refractivity contribution in [3.63, 3.8) is 0 Å². The molecule has 1 aliphatic heterocycles. The molecule has 1 aliphatic rings. The van der Waals surface area contributed by atoms with Gasteiger partial charge in [-0.05, 0) is 38.1 Å². The van der Waals surface area contributed by atoms with E-state index in [2.05, 4.69) is 6.58 Å². The number of hydrogen-bond acceptors (Lipinski definition) is 2. The molecule has 0 bridgehead atoms. The molecule has 1 unspecified atom stereocenters. The van der Waals surface area contributed by atoms with E-state index in [-0.39, 0.29) is 11.9 Å². The maximum absolute atomic E-state index is 14.0. The number of hydrogen-bond donors (Lipinski definition) is 0. The van der Waals surface area contributed by atoms with Crippen molar-refractivity contribution in [1.29, 1.82) is 5.26 Å². The highest BCUT2D eigenvalue weighted by atomic mass is 19.1. The second kappa shape index (κ2) is 7.49. The van der Waals surface area contributed by atoms with Gasteiger partial charge in [0.05, 0.1) is 17.7 Å². The summed E-state index contributed by atoms with van der Waals surface area (Å²) < 4.78 is 14.0. The number of rotatable bonds is 2. The summed E-state index contributed by atoms with van der Waals surface area (Å²) in [5, 5.41) is 8.74. The molecule has 1 aromatic carbocycles. The van der Waals surface area contributed by atoms with E-state index in [0.717, 1.165) is 12.8 Å². The molecule has 0 N–H and O–H groups in total. The maximum Gasteiger partial charge on any atom is 0.129 e. The van der Waals surface area contributed by atoms with E-state index in [4.69, 9.17) is 5.26 Å². The molecule has 1 fully saturated rings. The smallest absolute Gasteiger partial charge is 0.129 e. The molecule has 1 aromatic rings. The number of allylic oxidation sites excluding steroid dienone is 2. The van der Waals surface area contributed by atoms with Gasteiger partial charge in [0, 0.05) is 11.3 Å². The zero-order chi connectivity index (χ0) is 15.1. The SMILES string of the molecule is C=CN1/C(=C\C)CCC1c1ccc(C#N)cc1F.CC. The lowest BCUT2D eigenvalue weighted by molar-refractivity contribution is 0.388. The van der Waals surface area contributed by atoms with Gasteiger partial charge in [-0.15, -0.1) is 0 Å². The summed E-state index contributed by atoms with van der Waals surface area (Å²) in [5.74, 6) is -0.316. The van der Waals surface area contributed by atoms with Crippen molar-refractivity contribution in [2.24, 2.45) is 0 Å². The predicted octanol–water partition coefficient (Wildman–Crippen LogP) is 4.91. The molecular formula is C17H21FN2. The van der Waals surface area contributed by atoms with Gasteiger partial charge < -0.3 is 4.90 Å². The van der Waals surface area contributed by atoms with Crippen LogP contribution in [0.2, 0.25) is 0 Å². The second-order valence-electron chi connectivity index (χ2n) is 4.27. The van der Waals surface area contributed by atoms with Gasteiger partial charge in [0.15, 0.2) is 0 Å². The lowest BCUT2D eigenvalue weighted by atomic mass is 10.0. The highest BCUT2D eigenvalue weighted by Gasteiger charge is 2.28. The largest absolute Gasteiger partial charge is 0.345 e. The van der Waals surface area contributed by atoms with Crippen LogP contribution in [0.3, 0.4) is 0 Å². The van der Waals surface area contributed by atoms with Gasteiger partial charge in [-0.2, -0.15) is 5.26 Å². The van der Waals surface area contributed by atoms with Crippen LogP contribution in [0.1, 0.15) is 50.8 Å². The van der Waals surface area contributed by atoms with Gasteiger partial charge in [-0.3, -0.25) is 0 Å². The van der Waals surface area contributed by atoms with Crippen molar-refractivity contribution in [3.8, 4) is 6.07 Å². The lowest BCUT2D eigenvalue weighted by Crippen LogP contribution is -2.16. The standard InChI is InChI=1S/C15H15FN2.C2H6/c1-3-12-6-8-15(18(12)4-2)13-7-5-11(10-17)9-14(13)16;1-2/h3-5,7,9,15H,2,6,8H2,1H3;1-2H3/b12-3-;. The van der Waals surface area contributed by atoms with Crippen LogP contribution >= 0.6 is 0 Å². The molecule has 106 valence electrons. The number of likely N-dealkylation sites (tertiary alicyclic amines) is 1. The first-order chi connectivity index (χ1) is 9.71. The molecule has 2 nitrogen and oxygen atoms in total. The van der Waals surface area contributed by atoms with Crippen molar-refractivity contribution in [1.82, 2.24) is 4.90 Å². The van der Waals surface area contributed by atoms with E-state index in [0.29, 0.717) is 11.1 Å². The summed E-state index contributed by atoms with van der Waals surface area (Å²) in [6, 6.07) is 6.59. The Hall–Kier alpha value is -2.08. The molecule has 0 spiro atoms. The Morgan fingerprint density at radius 1 is 1.45 bits per heavy atom. The Balaban J connectivity index is 0.000000956. The van der Waals surface area contributed by atoms with Crippen molar-refractivity contribution in [3.05, 3.63) is 59.7 Å². The van der Waals surface area contributed by atoms with Crippen LogP contribution in [0.15, 0.2) is 42.8 Å². The molecule has 0 amide bonds. The van der Waals surface area contributed by atoms with Crippen molar-refractivity contribution >= 4 is 0 Å². The average molecular weight is 272 g/mol. The van der Waals surface area contributed by atoms with Gasteiger partial charge in [0.2, 0.25) is 0 Å². The zero-order valence-electron chi connectivity index (χ0n) is 12.4. The van der Waals surface area contributed by atoms with Crippen LogP contribution in [-0.4, -0.2) is 4.90 Å². The monoisotopic (exact) mass is 272 g/mol. The van der Waals surface area contributed by atoms with Gasteiger partial charge >= 0.3 is 0 Å². The molecule has 1 saturated heterocycles. The Morgan fingerprint density at radius 3 is 2.65 bits per heavy atom. The van der Waals surface area contributed by atoms with Gasteiger partial charge in [0.1, 0.15) is 5.82 Å². The molecule has 0 radical (unpaired) electrons. The van der Waals surface area contributed by atoms with E-state index < -0.39 is 0 Å². The molecule has 0 saturated carbocycles. The van der Waals surface area contributed by atoms with E-state index in [1.54, 1.807) is 18.3 Å². The third-order valence-corrected chi connectivity index (χ3v) is 3.36. The molecule has 20 heavy (non-hydrogen) atoms. The van der Waals surface area contributed by atoms with Gasteiger partial charge in [-0.25, -0.2) is 4.39 Å². The lowest BCUT2D eigenvalue weighted by Gasteiger charge is -2.24. The number of nitriles is 1. The van der Waals surface area contributed by atoms with E-state index in [1.165, 1.54) is 11.8 Å². The first kappa shape index (κ1) is 16.0. The molecule has 1 atom stereocenters. The van der Waals surface area contributed by atoms with E-state index >= 15 is 0 Å². The first-order valence-corrected chi connectivity index (χ1v) is 6.97. The molecule has 0 aromatic heterocycles. The fraction of sp³-hybridized carbons (Fsp3) is 0.353. The molecule has 1 heterocycles. The van der Waals surface area contributed by atoms with E-state index in [1.807, 2.05) is 37.8 Å². The van der Waals surface area contributed by atoms with Gasteiger partial charge in [-0.1, -0.05) is 32.6 Å². The minimum atomic E-state index is -0.316. The molecule has 2 rings (SSSR count). The summed E-state index contributed by atoms with van der Waals surface area (Å²) in [4.78, 5) is 2.00. The van der Waals surface area contributed by atoms with Crippen molar-refractivity contribution < 1.29 is 4.39 Å². The predicted molar refractivity (Wildman–Crippen MR) is 80.2 cm³/mol. The second-order valence-corrected chi connectivity index (χ2v) is 4.27. The maximum atomic E-state index is 14.0. The van der Waals surface area contributed by atoms with Crippen LogP contribution in [-0.2, 0) is 0 Å². The molecule has 3 heteroatoms. The highest BCUT2D eigenvalue weighted by molar-refractivity contribution is 5.35. The Labute approximate surface area is 120 Å². The normalized spacial score (nSPS) is 19.2. The molecular weight excluding hydrogens is 251 g/mol. The quantitative estimate of drug-likeness (QED) is 0.765. The highest BCUT2D eigenvalue weighted by Crippen LogP contribution is 2.39. The van der Waals surface area contributed by atoms with Crippen molar-refractivity contribution in [2.45, 2.75) is 39.7 Å². The van der Waals surface area contributed by atoms with Crippen LogP contribution in [0.4, 0.5) is 4.39 Å². The first-order valence-electron chi connectivity index (χ1n) is 6.97. The average Bonchev–Trinajstić information content (AvgIpc) is 2.91. The van der Waals surface area contributed by atoms with Crippen LogP contribution < -0.4 is 0 Å². The summed E-state index contributed by atoms with van der Waals surface area (Å²) in [6.45, 7) is 9.77. The fourth-order valence-electron chi connectivity index (χ4n) is 2.46. The summed E-state index contributed by atoms with van der Waals surface area (Å²) in [7, 11) is 0. The van der Waals surface area contributed by atoms with Crippen LogP contribution in [0, 0.1) is 17.1 Å². The van der Waals surface area contributed by atoms with Crippen LogP contribution in [0.5, 0.6) is 0 Å². The topological polar surface area (TPSA) is 27.0 Å². The summed E-state index contributed by atoms with van der Waals surface area (Å²) >= 11 is 0. The number of nitrogens with zero attached hydrogens (tertiary/aromatic N) is 2. The minimum Gasteiger partial charge on any atom is -0.345 e. The van der Waals surface area contributed by atoms with Crippen LogP contribution in [0.25, 0.3) is 0 Å². The Kier molecular flexibility index (Phi) is 5.99. The van der Waals surface area contributed by atoms with E-state index in [9.17, 15) is 4.39 Å². The van der Waals surface area contributed by atoms with Crippen molar-refractivity contribution in [2.75, 3.05) is 0 Å². The third kappa shape index (κ3) is 3.08. The van der Waals surface area contributed by atoms with Gasteiger partial charge in [0.25, 0.3) is 0 Å². The molecule has 0 aliphatic carbocycles. The Morgan fingerprint density at radius 2 is 2.15 bits per heavy atom. The number of benzene rings is 1. The zero-order valence-corrected chi connectivity index (χ0v) is 12.4. The third-order valence-electron chi connectivity index (χ3n) is 3.36. The summed E-state index contributed by atoms with van der Waals surface area (Å²) in [5.41, 5.74) is 2.15. The number of halogens is 1.